The van der Waals surface area contributed by atoms with Crippen LogP contribution in [0.25, 0.3) is 10.9 Å². The van der Waals surface area contributed by atoms with E-state index in [1.807, 2.05) is 12.3 Å². The molecule has 0 spiro atoms. The summed E-state index contributed by atoms with van der Waals surface area (Å²) in [6.45, 7) is 2.25. The number of aromatic nitrogens is 1. The van der Waals surface area contributed by atoms with Gasteiger partial charge in [-0.2, -0.15) is 0 Å². The van der Waals surface area contributed by atoms with Crippen LogP contribution in [0.1, 0.15) is 12.8 Å². The van der Waals surface area contributed by atoms with E-state index < -0.39 is 0 Å². The summed E-state index contributed by atoms with van der Waals surface area (Å²) in [7, 11) is 2.19. The fourth-order valence-electron chi connectivity index (χ4n) is 2.68. The second kappa shape index (κ2) is 6.22. The summed E-state index contributed by atoms with van der Waals surface area (Å²) in [6, 6.07) is 11.3. The van der Waals surface area contributed by atoms with Crippen molar-refractivity contribution in [3.05, 3.63) is 36.5 Å². The highest BCUT2D eigenvalue weighted by atomic mass is 35.5. The first-order valence-corrected chi connectivity index (χ1v) is 6.63. The van der Waals surface area contributed by atoms with E-state index >= 15 is 0 Å². The molecule has 1 fully saturated rings. The molecule has 0 atom stereocenters. The van der Waals surface area contributed by atoms with E-state index in [-0.39, 0.29) is 12.4 Å². The van der Waals surface area contributed by atoms with E-state index in [1.54, 1.807) is 0 Å². The summed E-state index contributed by atoms with van der Waals surface area (Å²) in [5, 5.41) is 4.62. The predicted octanol–water partition coefficient (Wildman–Crippen LogP) is 2.84. The number of hydrogen-bond acceptors (Lipinski definition) is 3. The minimum absolute atomic E-state index is 0. The van der Waals surface area contributed by atoms with E-state index in [4.69, 9.17) is 0 Å². The minimum Gasteiger partial charge on any atom is -0.371 e. The molecule has 0 aliphatic carbocycles. The lowest BCUT2D eigenvalue weighted by molar-refractivity contribution is 0.443. The van der Waals surface area contributed by atoms with Gasteiger partial charge in [-0.05, 0) is 44.1 Å². The molecule has 1 N–H and O–H groups in total. The number of nitrogens with zero attached hydrogens (tertiary/aromatic N) is 2. The zero-order valence-corrected chi connectivity index (χ0v) is 12.0. The number of anilines is 1. The van der Waals surface area contributed by atoms with Crippen molar-refractivity contribution in [2.75, 3.05) is 25.0 Å². The van der Waals surface area contributed by atoms with Gasteiger partial charge in [-0.1, -0.05) is 12.1 Å². The Morgan fingerprint density at radius 1 is 1.21 bits per heavy atom. The molecule has 19 heavy (non-hydrogen) atoms. The Morgan fingerprint density at radius 3 is 2.79 bits per heavy atom. The third-order valence-electron chi connectivity index (χ3n) is 3.85. The maximum absolute atomic E-state index is 4.43. The summed E-state index contributed by atoms with van der Waals surface area (Å²) in [6.07, 6.45) is 4.30. The quantitative estimate of drug-likeness (QED) is 0.915. The number of piperidine rings is 1. The van der Waals surface area contributed by atoms with E-state index in [0.29, 0.717) is 6.04 Å². The van der Waals surface area contributed by atoms with Gasteiger partial charge in [0.25, 0.3) is 0 Å². The number of nitrogens with one attached hydrogen (secondary N) is 1. The lowest BCUT2D eigenvalue weighted by atomic mass is 10.0. The van der Waals surface area contributed by atoms with Crippen LogP contribution in [-0.4, -0.2) is 31.2 Å². The van der Waals surface area contributed by atoms with Gasteiger partial charge in [0.05, 0.1) is 5.52 Å². The number of hydrogen-bond donors (Lipinski definition) is 1. The minimum atomic E-state index is 0. The Labute approximate surface area is 120 Å². The molecular formula is C15H20ClN3. The molecule has 3 rings (SSSR count). The van der Waals surface area contributed by atoms with Gasteiger partial charge in [0, 0.05) is 30.4 Å². The highest BCUT2D eigenvalue weighted by Crippen LogP contribution is 2.23. The van der Waals surface area contributed by atoms with E-state index in [9.17, 15) is 0 Å². The molecular weight excluding hydrogens is 258 g/mol. The second-order valence-electron chi connectivity index (χ2n) is 4.97. The maximum atomic E-state index is 4.43. The number of rotatable bonds is 2. The molecule has 0 unspecified atom stereocenters. The van der Waals surface area contributed by atoms with Crippen molar-refractivity contribution in [2.24, 2.45) is 0 Å². The van der Waals surface area contributed by atoms with Gasteiger partial charge in [-0.25, -0.2) is 0 Å². The molecule has 3 nitrogen and oxygen atoms in total. The largest absolute Gasteiger partial charge is 0.371 e. The molecule has 0 amide bonds. The van der Waals surface area contributed by atoms with Crippen LogP contribution in [0.15, 0.2) is 36.5 Å². The Bertz CT molecular complexity index is 538. The molecule has 2 aromatic rings. The van der Waals surface area contributed by atoms with Gasteiger partial charge < -0.3 is 10.2 Å². The summed E-state index contributed by atoms with van der Waals surface area (Å²) >= 11 is 0. The average molecular weight is 278 g/mol. The SMILES string of the molecule is CN(c1ccc2cccnc2c1)C1CCNCC1.Cl. The topological polar surface area (TPSA) is 28.2 Å². The third kappa shape index (κ3) is 2.99. The molecule has 1 aromatic heterocycles. The van der Waals surface area contributed by atoms with Crippen LogP contribution in [0, 0.1) is 0 Å². The summed E-state index contributed by atoms with van der Waals surface area (Å²) in [5.74, 6) is 0. The standard InChI is InChI=1S/C15H19N3.ClH/c1-18(13-6-9-16-10-7-13)14-5-4-12-3-2-8-17-15(12)11-14;/h2-5,8,11,13,16H,6-7,9-10H2,1H3;1H. The van der Waals surface area contributed by atoms with Crippen molar-refractivity contribution in [3.63, 3.8) is 0 Å². The van der Waals surface area contributed by atoms with Crippen molar-refractivity contribution in [3.8, 4) is 0 Å². The molecule has 102 valence electrons. The smallest absolute Gasteiger partial charge is 0.0722 e. The Kier molecular flexibility index (Phi) is 4.61. The summed E-state index contributed by atoms with van der Waals surface area (Å²) in [4.78, 5) is 6.83. The molecule has 0 bridgehead atoms. The zero-order valence-electron chi connectivity index (χ0n) is 11.2. The average Bonchev–Trinajstić information content (AvgIpc) is 2.47. The number of halogens is 1. The number of fused-ring (bicyclic) bond motifs is 1. The van der Waals surface area contributed by atoms with Crippen LogP contribution in [0.2, 0.25) is 0 Å². The molecule has 1 saturated heterocycles. The highest BCUT2D eigenvalue weighted by molar-refractivity contribution is 5.85. The van der Waals surface area contributed by atoms with Crippen LogP contribution in [0.4, 0.5) is 5.69 Å². The van der Waals surface area contributed by atoms with Gasteiger partial charge >= 0.3 is 0 Å². The summed E-state index contributed by atoms with van der Waals surface area (Å²) < 4.78 is 0. The van der Waals surface area contributed by atoms with Crippen molar-refractivity contribution in [2.45, 2.75) is 18.9 Å². The Hall–Kier alpha value is -1.32. The molecule has 0 saturated carbocycles. The fourth-order valence-corrected chi connectivity index (χ4v) is 2.68. The first-order chi connectivity index (χ1) is 8.84. The van der Waals surface area contributed by atoms with E-state index in [1.165, 1.54) is 23.9 Å². The van der Waals surface area contributed by atoms with Gasteiger partial charge in [0.15, 0.2) is 0 Å². The summed E-state index contributed by atoms with van der Waals surface area (Å²) in [5.41, 5.74) is 2.35. The number of benzene rings is 1. The van der Waals surface area contributed by atoms with Gasteiger partial charge in [-0.15, -0.1) is 12.4 Å². The first kappa shape index (κ1) is 14.1. The lowest BCUT2D eigenvalue weighted by Gasteiger charge is -2.33. The Balaban J connectivity index is 0.00000133. The van der Waals surface area contributed by atoms with Crippen molar-refractivity contribution in [1.82, 2.24) is 10.3 Å². The normalized spacial score (nSPS) is 16.1. The van der Waals surface area contributed by atoms with Crippen LogP contribution in [-0.2, 0) is 0 Å². The first-order valence-electron chi connectivity index (χ1n) is 6.63. The van der Waals surface area contributed by atoms with E-state index in [0.717, 1.165) is 18.6 Å². The molecule has 4 heteroatoms. The van der Waals surface area contributed by atoms with Gasteiger partial charge in [0.1, 0.15) is 0 Å². The van der Waals surface area contributed by atoms with Gasteiger partial charge in [0.2, 0.25) is 0 Å². The van der Waals surface area contributed by atoms with Crippen LogP contribution >= 0.6 is 12.4 Å². The number of pyridine rings is 1. The van der Waals surface area contributed by atoms with Crippen molar-refractivity contribution < 1.29 is 0 Å². The predicted molar refractivity (Wildman–Crippen MR) is 83.3 cm³/mol. The van der Waals surface area contributed by atoms with Crippen LogP contribution in [0.3, 0.4) is 0 Å². The molecule has 2 heterocycles. The monoisotopic (exact) mass is 277 g/mol. The van der Waals surface area contributed by atoms with Crippen molar-refractivity contribution in [1.29, 1.82) is 0 Å². The van der Waals surface area contributed by atoms with Crippen molar-refractivity contribution >= 4 is 29.0 Å². The fraction of sp³-hybridized carbons (Fsp3) is 0.400. The molecule has 1 aromatic carbocycles. The molecule has 1 aliphatic rings. The van der Waals surface area contributed by atoms with Gasteiger partial charge in [-0.3, -0.25) is 4.98 Å². The lowest BCUT2D eigenvalue weighted by Crippen LogP contribution is -2.41. The highest BCUT2D eigenvalue weighted by Gasteiger charge is 2.18. The second-order valence-corrected chi connectivity index (χ2v) is 4.97. The van der Waals surface area contributed by atoms with Crippen LogP contribution in [0.5, 0.6) is 0 Å². The zero-order chi connectivity index (χ0) is 12.4. The third-order valence-corrected chi connectivity index (χ3v) is 3.85. The van der Waals surface area contributed by atoms with Crippen LogP contribution < -0.4 is 10.2 Å². The molecule has 1 aliphatic heterocycles. The maximum Gasteiger partial charge on any atom is 0.0722 e. The van der Waals surface area contributed by atoms with E-state index in [2.05, 4.69) is 46.5 Å². The molecule has 0 radical (unpaired) electrons. The Morgan fingerprint density at radius 2 is 2.00 bits per heavy atom.